The Kier molecular flexibility index (Phi) is 4.04. The van der Waals surface area contributed by atoms with Crippen molar-refractivity contribution in [1.29, 1.82) is 0 Å². The number of nitrogens with one attached hydrogen (secondary N) is 2. The molecule has 2 rings (SSSR count). The second kappa shape index (κ2) is 5.73. The Hall–Kier alpha value is -1.75. The summed E-state index contributed by atoms with van der Waals surface area (Å²) in [6, 6.07) is 5.09. The lowest BCUT2D eigenvalue weighted by atomic mass is 10.2. The number of benzene rings is 1. The number of amides is 1. The van der Waals surface area contributed by atoms with E-state index in [9.17, 15) is 9.90 Å². The van der Waals surface area contributed by atoms with Crippen molar-refractivity contribution in [2.75, 3.05) is 6.54 Å². The van der Waals surface area contributed by atoms with Gasteiger partial charge >= 0.3 is 0 Å². The van der Waals surface area contributed by atoms with Crippen LogP contribution in [-0.2, 0) is 11.3 Å². The van der Waals surface area contributed by atoms with E-state index in [0.717, 1.165) is 18.4 Å². The molecule has 5 heteroatoms. The van der Waals surface area contributed by atoms with E-state index in [-0.39, 0.29) is 17.4 Å². The summed E-state index contributed by atoms with van der Waals surface area (Å²) in [5.41, 5.74) is 0.868. The van der Waals surface area contributed by atoms with Crippen molar-refractivity contribution in [3.8, 4) is 11.5 Å². The summed E-state index contributed by atoms with van der Waals surface area (Å²) >= 11 is 0. The number of carbonyl (C=O) groups excluding carboxylic acids is 1. The summed E-state index contributed by atoms with van der Waals surface area (Å²) in [7, 11) is 0. The number of phenolic OH excluding ortho intramolecular Hbond substituents is 2. The molecule has 0 spiro atoms. The van der Waals surface area contributed by atoms with Gasteiger partial charge in [-0.2, -0.15) is 0 Å². The Morgan fingerprint density at radius 1 is 1.28 bits per heavy atom. The van der Waals surface area contributed by atoms with Crippen LogP contribution in [-0.4, -0.2) is 28.7 Å². The summed E-state index contributed by atoms with van der Waals surface area (Å²) in [6.07, 6.45) is 2.67. The van der Waals surface area contributed by atoms with Crippen LogP contribution < -0.4 is 10.6 Å². The van der Waals surface area contributed by atoms with Crippen LogP contribution in [0.25, 0.3) is 0 Å². The largest absolute Gasteiger partial charge is 0.504 e. The van der Waals surface area contributed by atoms with E-state index >= 15 is 0 Å². The Balaban J connectivity index is 1.64. The summed E-state index contributed by atoms with van der Waals surface area (Å²) in [5.74, 6) is -0.165. The molecule has 0 saturated heterocycles. The maximum Gasteiger partial charge on any atom is 0.221 e. The lowest BCUT2D eigenvalue weighted by molar-refractivity contribution is -0.121. The molecular formula is C13H18N2O3. The van der Waals surface area contributed by atoms with Gasteiger partial charge in [-0.25, -0.2) is 0 Å². The third-order valence-electron chi connectivity index (χ3n) is 2.84. The first-order valence-corrected chi connectivity index (χ1v) is 6.16. The zero-order valence-electron chi connectivity index (χ0n) is 10.1. The monoisotopic (exact) mass is 250 g/mol. The fraction of sp³-hybridized carbons (Fsp3) is 0.462. The van der Waals surface area contributed by atoms with Gasteiger partial charge in [0.25, 0.3) is 0 Å². The molecule has 0 radical (unpaired) electrons. The third kappa shape index (κ3) is 3.92. The molecule has 0 atom stereocenters. The van der Waals surface area contributed by atoms with E-state index in [0.29, 0.717) is 25.6 Å². The fourth-order valence-electron chi connectivity index (χ4n) is 1.64. The zero-order chi connectivity index (χ0) is 13.0. The van der Waals surface area contributed by atoms with Crippen molar-refractivity contribution in [3.05, 3.63) is 23.8 Å². The van der Waals surface area contributed by atoms with Crippen molar-refractivity contribution in [1.82, 2.24) is 10.6 Å². The van der Waals surface area contributed by atoms with E-state index in [1.54, 1.807) is 6.07 Å². The highest BCUT2D eigenvalue weighted by molar-refractivity contribution is 5.76. The average molecular weight is 250 g/mol. The second-order valence-corrected chi connectivity index (χ2v) is 4.59. The molecule has 4 N–H and O–H groups in total. The number of aromatic hydroxyl groups is 2. The van der Waals surface area contributed by atoms with E-state index in [1.807, 2.05) is 0 Å². The van der Waals surface area contributed by atoms with Crippen LogP contribution in [0.3, 0.4) is 0 Å². The van der Waals surface area contributed by atoms with Gasteiger partial charge in [0.05, 0.1) is 0 Å². The predicted octanol–water partition coefficient (Wildman–Crippen LogP) is 0.856. The van der Waals surface area contributed by atoms with E-state index in [2.05, 4.69) is 10.6 Å². The van der Waals surface area contributed by atoms with Crippen molar-refractivity contribution in [2.24, 2.45) is 0 Å². The molecule has 98 valence electrons. The van der Waals surface area contributed by atoms with Crippen LogP contribution in [0.4, 0.5) is 0 Å². The summed E-state index contributed by atoms with van der Waals surface area (Å²) in [4.78, 5) is 11.4. The molecule has 0 bridgehead atoms. The highest BCUT2D eigenvalue weighted by atomic mass is 16.3. The minimum atomic E-state index is -0.124. The van der Waals surface area contributed by atoms with Crippen LogP contribution in [0.2, 0.25) is 0 Å². The Morgan fingerprint density at radius 3 is 2.72 bits per heavy atom. The molecule has 1 fully saturated rings. The topological polar surface area (TPSA) is 81.6 Å². The lowest BCUT2D eigenvalue weighted by Gasteiger charge is -2.06. The van der Waals surface area contributed by atoms with Crippen LogP contribution >= 0.6 is 0 Å². The van der Waals surface area contributed by atoms with Crippen LogP contribution in [0.1, 0.15) is 24.8 Å². The molecule has 5 nitrogen and oxygen atoms in total. The number of phenols is 2. The Morgan fingerprint density at radius 2 is 2.06 bits per heavy atom. The summed E-state index contributed by atoms with van der Waals surface area (Å²) in [5, 5.41) is 24.5. The molecule has 1 aliphatic carbocycles. The maximum absolute atomic E-state index is 11.4. The standard InChI is InChI=1S/C13H18N2O3/c16-11-4-1-9(7-12(11)17)8-14-6-5-13(18)15-10-2-3-10/h1,4,7,10,14,16-17H,2-3,5-6,8H2,(H,15,18). The van der Waals surface area contributed by atoms with Crippen LogP contribution in [0.15, 0.2) is 18.2 Å². The van der Waals surface area contributed by atoms with Gasteiger partial charge in [0.2, 0.25) is 5.91 Å². The fourth-order valence-corrected chi connectivity index (χ4v) is 1.64. The van der Waals surface area contributed by atoms with Crippen LogP contribution in [0, 0.1) is 0 Å². The molecule has 18 heavy (non-hydrogen) atoms. The van der Waals surface area contributed by atoms with Gasteiger partial charge in [0, 0.05) is 25.6 Å². The van der Waals surface area contributed by atoms with E-state index < -0.39 is 0 Å². The normalized spacial score (nSPS) is 14.4. The van der Waals surface area contributed by atoms with Crippen molar-refractivity contribution >= 4 is 5.91 Å². The number of hydrogen-bond donors (Lipinski definition) is 4. The summed E-state index contributed by atoms with van der Waals surface area (Å²) < 4.78 is 0. The molecule has 1 aromatic carbocycles. The molecular weight excluding hydrogens is 232 g/mol. The molecule has 0 aliphatic heterocycles. The van der Waals surface area contributed by atoms with Gasteiger partial charge in [0.1, 0.15) is 0 Å². The molecule has 0 aromatic heterocycles. The Labute approximate surface area is 106 Å². The Bertz CT molecular complexity index is 430. The maximum atomic E-state index is 11.4. The third-order valence-corrected chi connectivity index (χ3v) is 2.84. The van der Waals surface area contributed by atoms with E-state index in [1.165, 1.54) is 12.1 Å². The SMILES string of the molecule is O=C(CCNCc1ccc(O)c(O)c1)NC1CC1. The molecule has 1 saturated carbocycles. The van der Waals surface area contributed by atoms with Gasteiger partial charge in [0.15, 0.2) is 11.5 Å². The van der Waals surface area contributed by atoms with Crippen LogP contribution in [0.5, 0.6) is 11.5 Å². The molecule has 1 amide bonds. The first-order chi connectivity index (χ1) is 8.65. The second-order valence-electron chi connectivity index (χ2n) is 4.59. The first-order valence-electron chi connectivity index (χ1n) is 6.16. The number of carbonyl (C=O) groups is 1. The minimum Gasteiger partial charge on any atom is -0.504 e. The average Bonchev–Trinajstić information content (AvgIpc) is 3.13. The van der Waals surface area contributed by atoms with Gasteiger partial charge in [-0.05, 0) is 30.5 Å². The van der Waals surface area contributed by atoms with Gasteiger partial charge in [-0.1, -0.05) is 6.07 Å². The smallest absolute Gasteiger partial charge is 0.221 e. The highest BCUT2D eigenvalue weighted by Gasteiger charge is 2.22. The highest BCUT2D eigenvalue weighted by Crippen LogP contribution is 2.24. The summed E-state index contributed by atoms with van der Waals surface area (Å²) in [6.45, 7) is 1.16. The predicted molar refractivity (Wildman–Crippen MR) is 67.3 cm³/mol. The molecule has 0 heterocycles. The lowest BCUT2D eigenvalue weighted by Crippen LogP contribution is -2.28. The van der Waals surface area contributed by atoms with Crippen molar-refractivity contribution < 1.29 is 15.0 Å². The first kappa shape index (κ1) is 12.7. The van der Waals surface area contributed by atoms with Gasteiger partial charge in [-0.3, -0.25) is 4.79 Å². The van der Waals surface area contributed by atoms with Crippen molar-refractivity contribution in [2.45, 2.75) is 31.8 Å². The zero-order valence-corrected chi connectivity index (χ0v) is 10.1. The van der Waals surface area contributed by atoms with Gasteiger partial charge in [-0.15, -0.1) is 0 Å². The molecule has 1 aromatic rings. The quantitative estimate of drug-likeness (QED) is 0.446. The molecule has 1 aliphatic rings. The molecule has 0 unspecified atom stereocenters. The minimum absolute atomic E-state index is 0.0820. The van der Waals surface area contributed by atoms with Crippen molar-refractivity contribution in [3.63, 3.8) is 0 Å². The number of hydrogen-bond acceptors (Lipinski definition) is 4. The number of rotatable bonds is 6. The van der Waals surface area contributed by atoms with Gasteiger partial charge < -0.3 is 20.8 Å². The van der Waals surface area contributed by atoms with E-state index in [4.69, 9.17) is 5.11 Å².